The average Bonchev–Trinajstić information content (AvgIpc) is 2.53. The molecule has 0 unspecified atom stereocenters. The number of allylic oxidation sites excluding steroid dienone is 5. The fraction of sp³-hybridized carbons (Fsp3) is 0.273. The Labute approximate surface area is 83.8 Å². The van der Waals surface area contributed by atoms with E-state index in [4.69, 9.17) is 4.52 Å². The van der Waals surface area contributed by atoms with Gasteiger partial charge < -0.3 is 4.52 Å². The van der Waals surface area contributed by atoms with E-state index in [1.165, 1.54) is 0 Å². The third-order valence-electron chi connectivity index (χ3n) is 1.64. The zero-order valence-electron chi connectivity index (χ0n) is 8.74. The van der Waals surface area contributed by atoms with Gasteiger partial charge in [-0.15, -0.1) is 0 Å². The summed E-state index contributed by atoms with van der Waals surface area (Å²) in [6.07, 6.45) is 5.78. The number of hydrogen-bond donors (Lipinski definition) is 0. The molecule has 1 aromatic heterocycles. The first-order chi connectivity index (χ1) is 6.63. The summed E-state index contributed by atoms with van der Waals surface area (Å²) >= 11 is 0. The third kappa shape index (κ3) is 2.69. The van der Waals surface area contributed by atoms with Crippen molar-refractivity contribution in [2.75, 3.05) is 0 Å². The molecule has 0 N–H and O–H groups in total. The molecule has 3 nitrogen and oxygen atoms in total. The van der Waals surface area contributed by atoms with Gasteiger partial charge in [0, 0.05) is 12.5 Å². The minimum Gasteiger partial charge on any atom is -0.339 e. The van der Waals surface area contributed by atoms with Crippen LogP contribution in [0.1, 0.15) is 25.6 Å². The highest BCUT2D eigenvalue weighted by atomic mass is 16.5. The van der Waals surface area contributed by atoms with Crippen LogP contribution >= 0.6 is 0 Å². The second-order valence-corrected chi connectivity index (χ2v) is 3.06. The van der Waals surface area contributed by atoms with Crippen LogP contribution in [-0.2, 0) is 0 Å². The second-order valence-electron chi connectivity index (χ2n) is 3.06. The predicted molar refractivity (Wildman–Crippen MR) is 56.6 cm³/mol. The molecule has 0 aromatic carbocycles. The summed E-state index contributed by atoms with van der Waals surface area (Å²) in [6, 6.07) is 0. The first-order valence-corrected chi connectivity index (χ1v) is 4.44. The summed E-state index contributed by atoms with van der Waals surface area (Å²) in [6.45, 7) is 9.42. The molecular formula is C11H14N2O. The summed E-state index contributed by atoms with van der Waals surface area (Å²) in [4.78, 5) is 4.13. The van der Waals surface area contributed by atoms with E-state index in [0.29, 0.717) is 11.7 Å². The van der Waals surface area contributed by atoms with Crippen molar-refractivity contribution in [1.29, 1.82) is 0 Å². The first-order valence-electron chi connectivity index (χ1n) is 4.44. The van der Waals surface area contributed by atoms with Crippen LogP contribution in [-0.4, -0.2) is 10.1 Å². The normalized spacial score (nSPS) is 12.4. The molecule has 14 heavy (non-hydrogen) atoms. The van der Waals surface area contributed by atoms with Gasteiger partial charge in [0.15, 0.2) is 0 Å². The van der Waals surface area contributed by atoms with E-state index in [9.17, 15) is 0 Å². The van der Waals surface area contributed by atoms with Crippen LogP contribution in [0, 0.1) is 6.92 Å². The fourth-order valence-electron chi connectivity index (χ4n) is 0.948. The molecule has 74 valence electrons. The van der Waals surface area contributed by atoms with Crippen LogP contribution in [0.4, 0.5) is 0 Å². The first kappa shape index (κ1) is 10.4. The van der Waals surface area contributed by atoms with Gasteiger partial charge in [0.2, 0.25) is 11.7 Å². The molecule has 0 saturated heterocycles. The largest absolute Gasteiger partial charge is 0.339 e. The molecule has 0 spiro atoms. The maximum absolute atomic E-state index is 4.90. The van der Waals surface area contributed by atoms with E-state index in [2.05, 4.69) is 16.7 Å². The van der Waals surface area contributed by atoms with Gasteiger partial charge in [-0.1, -0.05) is 35.5 Å². The Balaban J connectivity index is 2.89. The average molecular weight is 190 g/mol. The molecule has 0 amide bonds. The van der Waals surface area contributed by atoms with Gasteiger partial charge in [0.25, 0.3) is 0 Å². The van der Waals surface area contributed by atoms with Gasteiger partial charge in [0.05, 0.1) is 0 Å². The van der Waals surface area contributed by atoms with Crippen molar-refractivity contribution in [2.45, 2.75) is 20.8 Å². The molecule has 0 saturated carbocycles. The van der Waals surface area contributed by atoms with Crippen molar-refractivity contribution in [2.24, 2.45) is 0 Å². The van der Waals surface area contributed by atoms with Crippen molar-refractivity contribution in [3.05, 3.63) is 42.1 Å². The van der Waals surface area contributed by atoms with Gasteiger partial charge in [-0.2, -0.15) is 4.98 Å². The molecule has 0 fully saturated rings. The third-order valence-corrected chi connectivity index (χ3v) is 1.64. The lowest BCUT2D eigenvalue weighted by Crippen LogP contribution is -1.83. The maximum atomic E-state index is 4.90. The fourth-order valence-corrected chi connectivity index (χ4v) is 0.948. The Bertz CT molecular complexity index is 386. The Kier molecular flexibility index (Phi) is 3.40. The van der Waals surface area contributed by atoms with E-state index >= 15 is 0 Å². The van der Waals surface area contributed by atoms with Crippen LogP contribution in [0.3, 0.4) is 0 Å². The predicted octanol–water partition coefficient (Wildman–Crippen LogP) is 2.91. The van der Waals surface area contributed by atoms with Gasteiger partial charge in [-0.25, -0.2) is 0 Å². The van der Waals surface area contributed by atoms with Gasteiger partial charge in [0.1, 0.15) is 0 Å². The Morgan fingerprint density at radius 3 is 2.57 bits per heavy atom. The topological polar surface area (TPSA) is 38.9 Å². The van der Waals surface area contributed by atoms with Crippen LogP contribution in [0.5, 0.6) is 0 Å². The van der Waals surface area contributed by atoms with Crippen LogP contribution < -0.4 is 0 Å². The van der Waals surface area contributed by atoms with Gasteiger partial charge >= 0.3 is 0 Å². The van der Waals surface area contributed by atoms with Crippen molar-refractivity contribution in [3.8, 4) is 0 Å². The summed E-state index contributed by atoms with van der Waals surface area (Å²) in [7, 11) is 0. The highest BCUT2D eigenvalue weighted by Gasteiger charge is 2.04. The van der Waals surface area contributed by atoms with E-state index in [-0.39, 0.29) is 0 Å². The maximum Gasteiger partial charge on any atom is 0.223 e. The highest BCUT2D eigenvalue weighted by molar-refractivity contribution is 5.69. The smallest absolute Gasteiger partial charge is 0.223 e. The van der Waals surface area contributed by atoms with E-state index < -0.39 is 0 Å². The summed E-state index contributed by atoms with van der Waals surface area (Å²) < 4.78 is 4.90. The zero-order chi connectivity index (χ0) is 10.6. The monoisotopic (exact) mass is 190 g/mol. The molecule has 0 aliphatic carbocycles. The number of nitrogens with zero attached hydrogens (tertiary/aromatic N) is 2. The van der Waals surface area contributed by atoms with Crippen LogP contribution in [0.25, 0.3) is 5.57 Å². The van der Waals surface area contributed by atoms with Crippen molar-refractivity contribution < 1.29 is 4.52 Å². The van der Waals surface area contributed by atoms with Crippen LogP contribution in [0.15, 0.2) is 34.9 Å². The molecule has 0 aliphatic rings. The van der Waals surface area contributed by atoms with Crippen molar-refractivity contribution in [1.82, 2.24) is 10.1 Å². The van der Waals surface area contributed by atoms with Gasteiger partial charge in [-0.3, -0.25) is 0 Å². The Morgan fingerprint density at radius 2 is 2.14 bits per heavy atom. The Morgan fingerprint density at radius 1 is 1.43 bits per heavy atom. The van der Waals surface area contributed by atoms with Gasteiger partial charge in [-0.05, 0) is 13.8 Å². The lowest BCUT2D eigenvalue weighted by molar-refractivity contribution is 0.391. The quantitative estimate of drug-likeness (QED) is 0.688. The molecule has 0 bridgehead atoms. The van der Waals surface area contributed by atoms with Crippen molar-refractivity contribution >= 4 is 5.57 Å². The number of rotatable bonds is 3. The number of hydrogen-bond acceptors (Lipinski definition) is 3. The molecule has 0 aliphatic heterocycles. The molecule has 0 atom stereocenters. The highest BCUT2D eigenvalue weighted by Crippen LogP contribution is 2.12. The van der Waals surface area contributed by atoms with E-state index in [1.54, 1.807) is 6.92 Å². The molecule has 1 heterocycles. The molecule has 0 radical (unpaired) electrons. The Hall–Kier alpha value is -1.64. The van der Waals surface area contributed by atoms with E-state index in [1.807, 2.05) is 32.1 Å². The van der Waals surface area contributed by atoms with Crippen LogP contribution in [0.2, 0.25) is 0 Å². The van der Waals surface area contributed by atoms with Crippen molar-refractivity contribution in [3.63, 3.8) is 0 Å². The second kappa shape index (κ2) is 4.56. The number of aromatic nitrogens is 2. The van der Waals surface area contributed by atoms with E-state index in [0.717, 1.165) is 11.1 Å². The summed E-state index contributed by atoms with van der Waals surface area (Å²) in [5, 5.41) is 3.83. The summed E-state index contributed by atoms with van der Waals surface area (Å²) in [5.41, 5.74) is 1.93. The minimum atomic E-state index is 0.572. The molecular weight excluding hydrogens is 176 g/mol. The lowest BCUT2D eigenvalue weighted by Gasteiger charge is -1.92. The number of aryl methyl sites for hydroxylation is 1. The molecule has 3 heteroatoms. The SMILES string of the molecule is C=C(C)/C=C\C(=C/C)c1noc(C)n1. The lowest BCUT2D eigenvalue weighted by atomic mass is 10.2. The molecule has 1 rings (SSSR count). The minimum absolute atomic E-state index is 0.572. The zero-order valence-corrected chi connectivity index (χ0v) is 8.74. The summed E-state index contributed by atoms with van der Waals surface area (Å²) in [5.74, 6) is 1.19. The molecule has 1 aromatic rings. The standard InChI is InChI=1S/C11H14N2O/c1-5-10(7-6-8(2)3)11-12-9(4)14-13-11/h5-7H,2H2,1,3-4H3/b7-6-,10-5+.